The van der Waals surface area contributed by atoms with E-state index in [0.717, 1.165) is 5.56 Å². The van der Waals surface area contributed by atoms with E-state index < -0.39 is 0 Å². The van der Waals surface area contributed by atoms with E-state index in [-0.39, 0.29) is 5.78 Å². The van der Waals surface area contributed by atoms with Gasteiger partial charge in [0.15, 0.2) is 5.78 Å². The van der Waals surface area contributed by atoms with Gasteiger partial charge >= 0.3 is 0 Å². The number of aryl methyl sites for hydroxylation is 1. The molecule has 0 spiro atoms. The zero-order valence-electron chi connectivity index (χ0n) is 9.44. The predicted molar refractivity (Wildman–Crippen MR) is 65.8 cm³/mol. The van der Waals surface area contributed by atoms with Crippen LogP contribution < -0.4 is 0 Å². The third kappa shape index (κ3) is 2.31. The third-order valence-corrected chi connectivity index (χ3v) is 2.63. The molecule has 0 amide bonds. The summed E-state index contributed by atoms with van der Waals surface area (Å²) in [5, 5.41) is 0. The fourth-order valence-corrected chi connectivity index (χ4v) is 1.68. The van der Waals surface area contributed by atoms with E-state index in [4.69, 9.17) is 0 Å². The second kappa shape index (κ2) is 4.74. The van der Waals surface area contributed by atoms with Crippen LogP contribution in [0.1, 0.15) is 27.0 Å². The molecule has 0 N–H and O–H groups in total. The zero-order chi connectivity index (χ0) is 12.3. The molecule has 0 aliphatic heterocycles. The molecule has 83 valence electrons. The number of hydrogen-bond acceptors (Lipinski definition) is 2. The summed E-state index contributed by atoms with van der Waals surface area (Å²) in [6.45, 7) is 1.79. The maximum absolute atomic E-state index is 12.1. The van der Waals surface area contributed by atoms with Crippen molar-refractivity contribution in [3.63, 3.8) is 0 Å². The minimum Gasteiger partial charge on any atom is -0.289 e. The first kappa shape index (κ1) is 11.3. The molecule has 2 nitrogen and oxygen atoms in total. The monoisotopic (exact) mass is 223 g/mol. The van der Waals surface area contributed by atoms with Gasteiger partial charge in [0.05, 0.1) is 0 Å². The first-order valence-electron chi connectivity index (χ1n) is 5.31. The second-order valence-electron chi connectivity index (χ2n) is 3.83. The zero-order valence-corrected chi connectivity index (χ0v) is 9.44. The molecule has 0 heterocycles. The highest BCUT2D eigenvalue weighted by Gasteiger charge is 2.09. The molecular formula is C15H11O2. The molecule has 2 aromatic rings. The topological polar surface area (TPSA) is 34.1 Å². The molecule has 0 aliphatic carbocycles. The van der Waals surface area contributed by atoms with Crippen molar-refractivity contribution in [3.05, 3.63) is 70.8 Å². The fourth-order valence-electron chi connectivity index (χ4n) is 1.68. The summed E-state index contributed by atoms with van der Waals surface area (Å²) < 4.78 is 0. The van der Waals surface area contributed by atoms with Gasteiger partial charge in [0.2, 0.25) is 6.29 Å². The molecule has 2 aromatic carbocycles. The van der Waals surface area contributed by atoms with Crippen molar-refractivity contribution in [2.24, 2.45) is 0 Å². The molecule has 0 unspecified atom stereocenters. The minimum absolute atomic E-state index is 0.0360. The lowest BCUT2D eigenvalue weighted by Crippen LogP contribution is -2.02. The van der Waals surface area contributed by atoms with Crippen LogP contribution in [-0.4, -0.2) is 12.1 Å². The average molecular weight is 223 g/mol. The van der Waals surface area contributed by atoms with Crippen molar-refractivity contribution in [1.29, 1.82) is 0 Å². The fraction of sp³-hybridized carbons (Fsp3) is 0.0667. The van der Waals surface area contributed by atoms with E-state index in [1.807, 2.05) is 24.5 Å². The Morgan fingerprint density at radius 2 is 1.71 bits per heavy atom. The number of hydrogen-bond donors (Lipinski definition) is 0. The SMILES string of the molecule is Cc1cc(C(=O)c2ccccc2)ccc1[C]=O. The van der Waals surface area contributed by atoms with Gasteiger partial charge < -0.3 is 0 Å². The van der Waals surface area contributed by atoms with E-state index >= 15 is 0 Å². The van der Waals surface area contributed by atoms with Gasteiger partial charge in [-0.2, -0.15) is 0 Å². The maximum atomic E-state index is 12.1. The van der Waals surface area contributed by atoms with Crippen molar-refractivity contribution in [2.45, 2.75) is 6.92 Å². The Balaban J connectivity index is 2.39. The summed E-state index contributed by atoms with van der Waals surface area (Å²) in [4.78, 5) is 22.7. The summed E-state index contributed by atoms with van der Waals surface area (Å²) in [6.07, 6.45) is 1.84. The molecule has 0 aromatic heterocycles. The van der Waals surface area contributed by atoms with Crippen LogP contribution in [0.4, 0.5) is 0 Å². The first-order chi connectivity index (χ1) is 8.22. The molecule has 17 heavy (non-hydrogen) atoms. The summed E-state index contributed by atoms with van der Waals surface area (Å²) in [7, 11) is 0. The average Bonchev–Trinajstić information content (AvgIpc) is 2.39. The molecule has 2 heteroatoms. The molecule has 0 fully saturated rings. The van der Waals surface area contributed by atoms with Gasteiger partial charge in [-0.1, -0.05) is 36.4 Å². The van der Waals surface area contributed by atoms with Crippen LogP contribution in [-0.2, 0) is 4.79 Å². The highest BCUT2D eigenvalue weighted by atomic mass is 16.1. The Labute approximate surface area is 99.9 Å². The first-order valence-corrected chi connectivity index (χ1v) is 5.31. The van der Waals surface area contributed by atoms with E-state index in [9.17, 15) is 9.59 Å². The largest absolute Gasteiger partial charge is 0.289 e. The number of carbonyl (C=O) groups excluding carboxylic acids is 2. The quantitative estimate of drug-likeness (QED) is 0.750. The van der Waals surface area contributed by atoms with Crippen LogP contribution in [0.2, 0.25) is 0 Å². The van der Waals surface area contributed by atoms with Crippen molar-refractivity contribution in [3.8, 4) is 0 Å². The van der Waals surface area contributed by atoms with Crippen molar-refractivity contribution in [2.75, 3.05) is 0 Å². The van der Waals surface area contributed by atoms with E-state index in [2.05, 4.69) is 0 Å². The van der Waals surface area contributed by atoms with Crippen molar-refractivity contribution >= 4 is 12.1 Å². The normalized spacial score (nSPS) is 9.94. The number of carbonyl (C=O) groups is 1. The molecule has 2 rings (SSSR count). The summed E-state index contributed by atoms with van der Waals surface area (Å²) in [5.74, 6) is -0.0360. The Hall–Kier alpha value is -2.22. The van der Waals surface area contributed by atoms with Crippen LogP contribution in [0.3, 0.4) is 0 Å². The maximum Gasteiger partial charge on any atom is 0.233 e. The lowest BCUT2D eigenvalue weighted by Gasteiger charge is -2.03. The van der Waals surface area contributed by atoms with Gasteiger partial charge in [-0.25, -0.2) is 0 Å². The van der Waals surface area contributed by atoms with Gasteiger partial charge in [-0.3, -0.25) is 9.59 Å². The standard InChI is InChI=1S/C15H11O2/c1-11-9-13(7-8-14(11)10-16)15(17)12-5-3-2-4-6-12/h2-9H,1H3. The molecule has 0 saturated heterocycles. The molecule has 1 radical (unpaired) electrons. The Morgan fingerprint density at radius 1 is 1.00 bits per heavy atom. The van der Waals surface area contributed by atoms with Crippen LogP contribution in [0.25, 0.3) is 0 Å². The van der Waals surface area contributed by atoms with Crippen molar-refractivity contribution in [1.82, 2.24) is 0 Å². The highest BCUT2D eigenvalue weighted by Crippen LogP contribution is 2.13. The van der Waals surface area contributed by atoms with Gasteiger partial charge in [0, 0.05) is 16.7 Å². The Bertz CT molecular complexity index is 556. The van der Waals surface area contributed by atoms with E-state index in [1.165, 1.54) is 0 Å². The third-order valence-electron chi connectivity index (χ3n) is 2.63. The number of ketones is 1. The predicted octanol–water partition coefficient (Wildman–Crippen LogP) is 2.68. The summed E-state index contributed by atoms with van der Waals surface area (Å²) in [5.41, 5.74) is 2.50. The molecule has 0 saturated carbocycles. The lowest BCUT2D eigenvalue weighted by molar-refractivity contribution is 0.103. The summed E-state index contributed by atoms with van der Waals surface area (Å²) >= 11 is 0. The number of rotatable bonds is 3. The molecule has 0 bridgehead atoms. The van der Waals surface area contributed by atoms with Crippen molar-refractivity contribution < 1.29 is 9.59 Å². The second-order valence-corrected chi connectivity index (χ2v) is 3.83. The van der Waals surface area contributed by atoms with Gasteiger partial charge in [-0.15, -0.1) is 0 Å². The summed E-state index contributed by atoms with van der Waals surface area (Å²) in [6, 6.07) is 14.1. The Kier molecular flexibility index (Phi) is 3.15. The Morgan fingerprint density at radius 3 is 2.29 bits per heavy atom. The van der Waals surface area contributed by atoms with E-state index in [0.29, 0.717) is 16.7 Å². The lowest BCUT2D eigenvalue weighted by atomic mass is 9.99. The minimum atomic E-state index is -0.0360. The molecular weight excluding hydrogens is 212 g/mol. The van der Waals surface area contributed by atoms with Gasteiger partial charge in [-0.05, 0) is 24.6 Å². The van der Waals surface area contributed by atoms with Crippen LogP contribution in [0.15, 0.2) is 48.5 Å². The van der Waals surface area contributed by atoms with Gasteiger partial charge in [0.25, 0.3) is 0 Å². The van der Waals surface area contributed by atoms with Crippen LogP contribution >= 0.6 is 0 Å². The number of benzene rings is 2. The van der Waals surface area contributed by atoms with E-state index in [1.54, 1.807) is 37.3 Å². The smallest absolute Gasteiger partial charge is 0.233 e. The van der Waals surface area contributed by atoms with Crippen LogP contribution in [0, 0.1) is 6.92 Å². The highest BCUT2D eigenvalue weighted by molar-refractivity contribution is 6.09. The van der Waals surface area contributed by atoms with Gasteiger partial charge in [0.1, 0.15) is 0 Å². The van der Waals surface area contributed by atoms with Crippen LogP contribution in [0.5, 0.6) is 0 Å². The molecule has 0 atom stereocenters. The molecule has 0 aliphatic rings.